The standard InChI is InChI=1S/C21H21ClN4O3S/c22-17-11-14(12-23-20(17)29-15-5-10-28-13-15)21(27)26-8-6-25(7-9-26)19-16-3-1-2-4-18(16)30-24-19/h1-4,11-12,15H,5-10,13H2/t15-/m1/s1. The average molecular weight is 445 g/mol. The molecule has 4 heterocycles. The monoisotopic (exact) mass is 444 g/mol. The number of piperazine rings is 1. The molecular weight excluding hydrogens is 424 g/mol. The largest absolute Gasteiger partial charge is 0.471 e. The Hall–Kier alpha value is -2.42. The predicted octanol–water partition coefficient (Wildman–Crippen LogP) is 3.47. The first kappa shape index (κ1) is 19.5. The van der Waals surface area contributed by atoms with Gasteiger partial charge >= 0.3 is 0 Å². The van der Waals surface area contributed by atoms with Gasteiger partial charge in [-0.25, -0.2) is 4.98 Å². The fourth-order valence-electron chi connectivity index (χ4n) is 3.80. The first-order valence-corrected chi connectivity index (χ1v) is 11.1. The van der Waals surface area contributed by atoms with Crippen LogP contribution < -0.4 is 9.64 Å². The second-order valence-electron chi connectivity index (χ2n) is 7.40. The number of fused-ring (bicyclic) bond motifs is 1. The molecular formula is C21H21ClN4O3S. The summed E-state index contributed by atoms with van der Waals surface area (Å²) in [5.41, 5.74) is 0.475. The molecule has 0 unspecified atom stereocenters. The van der Waals surface area contributed by atoms with Crippen LogP contribution in [-0.4, -0.2) is 65.7 Å². The van der Waals surface area contributed by atoms with Crippen molar-refractivity contribution in [3.05, 3.63) is 47.1 Å². The van der Waals surface area contributed by atoms with Crippen molar-refractivity contribution in [3.63, 3.8) is 0 Å². The van der Waals surface area contributed by atoms with Crippen LogP contribution in [0.3, 0.4) is 0 Å². The van der Waals surface area contributed by atoms with Crippen LogP contribution in [0.15, 0.2) is 36.5 Å². The molecule has 3 aromatic rings. The van der Waals surface area contributed by atoms with Crippen molar-refractivity contribution < 1.29 is 14.3 Å². The molecule has 2 fully saturated rings. The number of carbonyl (C=O) groups excluding carboxylic acids is 1. The summed E-state index contributed by atoms with van der Waals surface area (Å²) in [7, 11) is 0. The number of carbonyl (C=O) groups is 1. The fraction of sp³-hybridized carbons (Fsp3) is 0.381. The lowest BCUT2D eigenvalue weighted by Gasteiger charge is -2.35. The van der Waals surface area contributed by atoms with Gasteiger partial charge < -0.3 is 19.3 Å². The Labute approximate surface area is 183 Å². The zero-order valence-corrected chi connectivity index (χ0v) is 17.9. The van der Waals surface area contributed by atoms with Gasteiger partial charge in [0.25, 0.3) is 5.91 Å². The molecule has 2 aromatic heterocycles. The van der Waals surface area contributed by atoms with Gasteiger partial charge in [-0.05, 0) is 29.7 Å². The fourth-order valence-corrected chi connectivity index (χ4v) is 4.80. The van der Waals surface area contributed by atoms with Gasteiger partial charge in [0, 0.05) is 44.2 Å². The molecule has 7 nitrogen and oxygen atoms in total. The minimum absolute atomic E-state index is 0.0357. The maximum atomic E-state index is 12.9. The van der Waals surface area contributed by atoms with Gasteiger partial charge in [-0.1, -0.05) is 23.7 Å². The number of benzene rings is 1. The quantitative estimate of drug-likeness (QED) is 0.613. The van der Waals surface area contributed by atoms with Crippen LogP contribution in [-0.2, 0) is 4.74 Å². The van der Waals surface area contributed by atoms with Gasteiger partial charge in [0.15, 0.2) is 0 Å². The van der Waals surface area contributed by atoms with Crippen LogP contribution in [0.1, 0.15) is 16.8 Å². The Kier molecular flexibility index (Phi) is 5.45. The van der Waals surface area contributed by atoms with E-state index in [4.69, 9.17) is 21.1 Å². The van der Waals surface area contributed by atoms with Gasteiger partial charge in [-0.15, -0.1) is 0 Å². The minimum Gasteiger partial charge on any atom is -0.471 e. The third-order valence-corrected chi connectivity index (χ3v) is 6.53. The van der Waals surface area contributed by atoms with Crippen molar-refractivity contribution in [2.75, 3.05) is 44.3 Å². The van der Waals surface area contributed by atoms with Gasteiger partial charge in [0.05, 0.1) is 23.5 Å². The second kappa shape index (κ2) is 8.37. The first-order chi connectivity index (χ1) is 14.7. The van der Waals surface area contributed by atoms with Gasteiger partial charge in [0.2, 0.25) is 5.88 Å². The van der Waals surface area contributed by atoms with Crippen LogP contribution in [0, 0.1) is 0 Å². The van der Waals surface area contributed by atoms with E-state index in [2.05, 4.69) is 26.4 Å². The first-order valence-electron chi connectivity index (χ1n) is 9.97. The zero-order chi connectivity index (χ0) is 20.5. The third-order valence-electron chi connectivity index (χ3n) is 5.45. The number of halogens is 1. The van der Waals surface area contributed by atoms with Crippen molar-refractivity contribution >= 4 is 44.9 Å². The van der Waals surface area contributed by atoms with E-state index in [-0.39, 0.29) is 12.0 Å². The second-order valence-corrected chi connectivity index (χ2v) is 8.61. The highest BCUT2D eigenvalue weighted by Gasteiger charge is 2.26. The van der Waals surface area contributed by atoms with Crippen molar-refractivity contribution in [1.29, 1.82) is 0 Å². The topological polar surface area (TPSA) is 67.8 Å². The van der Waals surface area contributed by atoms with E-state index >= 15 is 0 Å². The molecule has 0 saturated carbocycles. The molecule has 9 heteroatoms. The van der Waals surface area contributed by atoms with E-state index in [0.717, 1.165) is 25.3 Å². The normalized spacial score (nSPS) is 19.4. The molecule has 0 bridgehead atoms. The molecule has 0 aliphatic carbocycles. The van der Waals surface area contributed by atoms with E-state index in [9.17, 15) is 4.79 Å². The van der Waals surface area contributed by atoms with Crippen LogP contribution in [0.2, 0.25) is 5.02 Å². The minimum atomic E-state index is -0.0667. The van der Waals surface area contributed by atoms with Gasteiger partial charge in [-0.2, -0.15) is 4.37 Å². The highest BCUT2D eigenvalue weighted by atomic mass is 35.5. The summed E-state index contributed by atoms with van der Waals surface area (Å²) in [6.45, 7) is 3.95. The third kappa shape index (κ3) is 3.82. The molecule has 0 N–H and O–H groups in total. The zero-order valence-electron chi connectivity index (χ0n) is 16.3. The van der Waals surface area contributed by atoms with Crippen LogP contribution >= 0.6 is 23.1 Å². The summed E-state index contributed by atoms with van der Waals surface area (Å²) in [5.74, 6) is 1.29. The Morgan fingerprint density at radius 3 is 2.83 bits per heavy atom. The lowest BCUT2D eigenvalue weighted by molar-refractivity contribution is 0.0746. The van der Waals surface area contributed by atoms with Crippen LogP contribution in [0.4, 0.5) is 5.82 Å². The number of rotatable bonds is 4. The number of nitrogens with zero attached hydrogens (tertiary/aromatic N) is 4. The predicted molar refractivity (Wildman–Crippen MR) is 117 cm³/mol. The molecule has 30 heavy (non-hydrogen) atoms. The number of anilines is 1. The smallest absolute Gasteiger partial charge is 0.255 e. The summed E-state index contributed by atoms with van der Waals surface area (Å²) in [5, 5.41) is 1.52. The number of hydrogen-bond acceptors (Lipinski definition) is 7. The summed E-state index contributed by atoms with van der Waals surface area (Å²) in [4.78, 5) is 21.3. The molecule has 0 radical (unpaired) electrons. The van der Waals surface area contributed by atoms with Crippen molar-refractivity contribution in [2.24, 2.45) is 0 Å². The Bertz CT molecular complexity index is 1060. The molecule has 2 saturated heterocycles. The van der Waals surface area contributed by atoms with Crippen LogP contribution in [0.5, 0.6) is 5.88 Å². The maximum absolute atomic E-state index is 12.9. The van der Waals surface area contributed by atoms with E-state index in [1.54, 1.807) is 12.3 Å². The SMILES string of the molecule is O=C(c1cnc(O[C@@H]2CCOC2)c(Cl)c1)N1CCN(c2nsc3ccccc23)CC1. The molecule has 0 spiro atoms. The van der Waals surface area contributed by atoms with Crippen molar-refractivity contribution in [1.82, 2.24) is 14.3 Å². The average Bonchev–Trinajstić information content (AvgIpc) is 3.45. The van der Waals surface area contributed by atoms with Crippen molar-refractivity contribution in [2.45, 2.75) is 12.5 Å². The maximum Gasteiger partial charge on any atom is 0.255 e. The summed E-state index contributed by atoms with van der Waals surface area (Å²) in [6, 6.07) is 9.88. The molecule has 1 atom stereocenters. The molecule has 5 rings (SSSR count). The Balaban J connectivity index is 1.23. The Morgan fingerprint density at radius 1 is 1.23 bits per heavy atom. The van der Waals surface area contributed by atoms with E-state index in [1.165, 1.54) is 21.6 Å². The number of amides is 1. The van der Waals surface area contributed by atoms with Gasteiger partial charge in [-0.3, -0.25) is 4.79 Å². The summed E-state index contributed by atoms with van der Waals surface area (Å²) >= 11 is 7.83. The lowest BCUT2D eigenvalue weighted by atomic mass is 10.2. The molecule has 2 aliphatic rings. The molecule has 156 valence electrons. The highest BCUT2D eigenvalue weighted by Crippen LogP contribution is 2.30. The number of ether oxygens (including phenoxy) is 2. The van der Waals surface area contributed by atoms with Gasteiger partial charge in [0.1, 0.15) is 16.9 Å². The molecule has 1 aromatic carbocycles. The number of pyridine rings is 1. The molecule has 2 aliphatic heterocycles. The lowest BCUT2D eigenvalue weighted by Crippen LogP contribution is -2.49. The number of hydrogen-bond donors (Lipinski definition) is 0. The van der Waals surface area contributed by atoms with Crippen LogP contribution in [0.25, 0.3) is 10.1 Å². The van der Waals surface area contributed by atoms with E-state index < -0.39 is 0 Å². The highest BCUT2D eigenvalue weighted by molar-refractivity contribution is 7.13. The summed E-state index contributed by atoms with van der Waals surface area (Å²) in [6.07, 6.45) is 2.32. The van der Waals surface area contributed by atoms with E-state index in [1.807, 2.05) is 17.0 Å². The van der Waals surface area contributed by atoms with Crippen molar-refractivity contribution in [3.8, 4) is 5.88 Å². The Morgan fingerprint density at radius 2 is 2.07 bits per heavy atom. The molecule has 1 amide bonds. The summed E-state index contributed by atoms with van der Waals surface area (Å²) < 4.78 is 16.9. The number of aromatic nitrogens is 2. The van der Waals surface area contributed by atoms with E-state index in [0.29, 0.717) is 42.8 Å².